The molecule has 1 saturated heterocycles. The standard InChI is InChI=1S/C17H26N2O/c1-19(11-12-20-2)14-17-5-3-15(4-6-17)13-16-7-9-18-10-8-16/h3-6,13,18H,7-12,14H2,1-2H3. The third-order valence-corrected chi connectivity index (χ3v) is 3.73. The van der Waals surface area contributed by atoms with Crippen molar-refractivity contribution in [3.05, 3.63) is 41.0 Å². The van der Waals surface area contributed by atoms with Crippen LogP contribution in [0, 0.1) is 0 Å². The largest absolute Gasteiger partial charge is 0.383 e. The molecule has 0 aromatic heterocycles. The number of nitrogens with zero attached hydrogens (tertiary/aromatic N) is 1. The van der Waals surface area contributed by atoms with Crippen molar-refractivity contribution >= 4 is 6.08 Å². The minimum Gasteiger partial charge on any atom is -0.383 e. The molecule has 1 aliphatic heterocycles. The fourth-order valence-electron chi connectivity index (χ4n) is 2.49. The lowest BCUT2D eigenvalue weighted by molar-refractivity contribution is 0.158. The summed E-state index contributed by atoms with van der Waals surface area (Å²) in [5.74, 6) is 0. The van der Waals surface area contributed by atoms with Crippen LogP contribution in [0.1, 0.15) is 24.0 Å². The van der Waals surface area contributed by atoms with Gasteiger partial charge in [0.15, 0.2) is 0 Å². The van der Waals surface area contributed by atoms with Crippen molar-refractivity contribution in [2.24, 2.45) is 0 Å². The molecule has 1 aromatic carbocycles. The molecule has 1 heterocycles. The Kier molecular flexibility index (Phi) is 6.25. The average Bonchev–Trinajstić information content (AvgIpc) is 2.48. The first-order chi connectivity index (χ1) is 9.78. The van der Waals surface area contributed by atoms with Gasteiger partial charge in [-0.3, -0.25) is 4.90 Å². The second kappa shape index (κ2) is 8.20. The molecule has 1 fully saturated rings. The molecule has 0 bridgehead atoms. The summed E-state index contributed by atoms with van der Waals surface area (Å²) < 4.78 is 5.10. The van der Waals surface area contributed by atoms with E-state index in [0.29, 0.717) is 0 Å². The Balaban J connectivity index is 1.89. The molecule has 1 aromatic rings. The summed E-state index contributed by atoms with van der Waals surface area (Å²) in [6.45, 7) is 4.97. The first-order valence-corrected chi connectivity index (χ1v) is 7.44. The van der Waals surface area contributed by atoms with Crippen molar-refractivity contribution in [1.82, 2.24) is 10.2 Å². The second-order valence-corrected chi connectivity index (χ2v) is 5.52. The Bertz CT molecular complexity index is 417. The highest BCUT2D eigenvalue weighted by molar-refractivity contribution is 5.53. The summed E-state index contributed by atoms with van der Waals surface area (Å²) in [5.41, 5.74) is 4.25. The third kappa shape index (κ3) is 5.08. The van der Waals surface area contributed by atoms with Gasteiger partial charge in [0.2, 0.25) is 0 Å². The predicted octanol–water partition coefficient (Wildman–Crippen LogP) is 2.53. The number of likely N-dealkylation sites (N-methyl/N-ethyl adjacent to an activating group) is 1. The lowest BCUT2D eigenvalue weighted by atomic mass is 10.0. The van der Waals surface area contributed by atoms with Crippen LogP contribution in [-0.2, 0) is 11.3 Å². The topological polar surface area (TPSA) is 24.5 Å². The third-order valence-electron chi connectivity index (χ3n) is 3.73. The number of rotatable bonds is 6. The molecule has 0 saturated carbocycles. The van der Waals surface area contributed by atoms with Crippen LogP contribution in [0.15, 0.2) is 29.8 Å². The highest BCUT2D eigenvalue weighted by Crippen LogP contribution is 2.16. The minimum atomic E-state index is 0.786. The van der Waals surface area contributed by atoms with Crippen molar-refractivity contribution in [3.63, 3.8) is 0 Å². The Morgan fingerprint density at radius 1 is 1.20 bits per heavy atom. The molecule has 0 amide bonds. The first kappa shape index (κ1) is 15.2. The van der Waals surface area contributed by atoms with Crippen molar-refractivity contribution in [3.8, 4) is 0 Å². The molecule has 0 radical (unpaired) electrons. The number of piperidine rings is 1. The molecule has 1 N–H and O–H groups in total. The van der Waals surface area contributed by atoms with Gasteiger partial charge in [-0.1, -0.05) is 35.9 Å². The quantitative estimate of drug-likeness (QED) is 0.863. The number of ether oxygens (including phenoxy) is 1. The zero-order valence-corrected chi connectivity index (χ0v) is 12.7. The van der Waals surface area contributed by atoms with Gasteiger partial charge < -0.3 is 10.1 Å². The fourth-order valence-corrected chi connectivity index (χ4v) is 2.49. The van der Waals surface area contributed by atoms with E-state index in [-0.39, 0.29) is 0 Å². The summed E-state index contributed by atoms with van der Waals surface area (Å²) >= 11 is 0. The highest BCUT2D eigenvalue weighted by atomic mass is 16.5. The van der Waals surface area contributed by atoms with Crippen LogP contribution in [0.4, 0.5) is 0 Å². The molecule has 1 aliphatic rings. The molecule has 110 valence electrons. The van der Waals surface area contributed by atoms with Crippen molar-refractivity contribution in [2.45, 2.75) is 19.4 Å². The van der Waals surface area contributed by atoms with E-state index in [4.69, 9.17) is 4.74 Å². The van der Waals surface area contributed by atoms with Crippen molar-refractivity contribution in [1.29, 1.82) is 0 Å². The minimum absolute atomic E-state index is 0.786. The Morgan fingerprint density at radius 2 is 1.90 bits per heavy atom. The van der Waals surface area contributed by atoms with Crippen LogP contribution in [0.25, 0.3) is 6.08 Å². The van der Waals surface area contributed by atoms with Gasteiger partial charge in [-0.15, -0.1) is 0 Å². The van der Waals surface area contributed by atoms with E-state index in [0.717, 1.165) is 32.8 Å². The maximum absolute atomic E-state index is 5.10. The Labute approximate surface area is 122 Å². The summed E-state index contributed by atoms with van der Waals surface area (Å²) in [6, 6.07) is 8.93. The molecular weight excluding hydrogens is 248 g/mol. The maximum atomic E-state index is 5.10. The van der Waals surface area contributed by atoms with Gasteiger partial charge in [0.25, 0.3) is 0 Å². The van der Waals surface area contributed by atoms with E-state index < -0.39 is 0 Å². The zero-order chi connectivity index (χ0) is 14.2. The molecular formula is C17H26N2O. The molecule has 0 spiro atoms. The van der Waals surface area contributed by atoms with Crippen molar-refractivity contribution in [2.75, 3.05) is 40.4 Å². The van der Waals surface area contributed by atoms with Gasteiger partial charge in [-0.05, 0) is 44.1 Å². The monoisotopic (exact) mass is 274 g/mol. The van der Waals surface area contributed by atoms with E-state index in [1.165, 1.54) is 24.0 Å². The number of nitrogens with one attached hydrogen (secondary N) is 1. The van der Waals surface area contributed by atoms with Gasteiger partial charge in [0.05, 0.1) is 6.61 Å². The van der Waals surface area contributed by atoms with Gasteiger partial charge in [-0.2, -0.15) is 0 Å². The maximum Gasteiger partial charge on any atom is 0.0589 e. The second-order valence-electron chi connectivity index (χ2n) is 5.52. The van der Waals surface area contributed by atoms with Crippen LogP contribution >= 0.6 is 0 Å². The predicted molar refractivity (Wildman–Crippen MR) is 84.7 cm³/mol. The number of hydrogen-bond acceptors (Lipinski definition) is 3. The number of benzene rings is 1. The summed E-state index contributed by atoms with van der Waals surface area (Å²) in [7, 11) is 3.88. The van der Waals surface area contributed by atoms with E-state index in [2.05, 4.69) is 47.6 Å². The fraction of sp³-hybridized carbons (Fsp3) is 0.529. The lowest BCUT2D eigenvalue weighted by Gasteiger charge is -2.16. The van der Waals surface area contributed by atoms with Crippen LogP contribution in [0.5, 0.6) is 0 Å². The van der Waals surface area contributed by atoms with E-state index in [1.807, 2.05) is 0 Å². The molecule has 0 aliphatic carbocycles. The van der Waals surface area contributed by atoms with E-state index in [1.54, 1.807) is 12.7 Å². The molecule has 3 heteroatoms. The zero-order valence-electron chi connectivity index (χ0n) is 12.7. The van der Waals surface area contributed by atoms with Crippen LogP contribution in [0.2, 0.25) is 0 Å². The van der Waals surface area contributed by atoms with Gasteiger partial charge in [-0.25, -0.2) is 0 Å². The average molecular weight is 274 g/mol. The highest BCUT2D eigenvalue weighted by Gasteiger charge is 2.04. The van der Waals surface area contributed by atoms with Gasteiger partial charge >= 0.3 is 0 Å². The summed E-state index contributed by atoms with van der Waals surface area (Å²) in [5, 5.41) is 3.39. The number of methoxy groups -OCH3 is 1. The molecule has 3 nitrogen and oxygen atoms in total. The molecule has 0 unspecified atom stereocenters. The summed E-state index contributed by atoms with van der Waals surface area (Å²) in [4.78, 5) is 2.28. The van der Waals surface area contributed by atoms with E-state index >= 15 is 0 Å². The Morgan fingerprint density at radius 3 is 2.55 bits per heavy atom. The van der Waals surface area contributed by atoms with Crippen molar-refractivity contribution < 1.29 is 4.74 Å². The molecule has 20 heavy (non-hydrogen) atoms. The Hall–Kier alpha value is -1.16. The normalized spacial score (nSPS) is 15.7. The van der Waals surface area contributed by atoms with Crippen LogP contribution < -0.4 is 5.32 Å². The SMILES string of the molecule is COCCN(C)Cc1ccc(C=C2CCNCC2)cc1. The van der Waals surface area contributed by atoms with E-state index in [9.17, 15) is 0 Å². The van der Waals surface area contributed by atoms with Crippen LogP contribution in [-0.4, -0.2) is 45.3 Å². The van der Waals surface area contributed by atoms with Crippen LogP contribution in [0.3, 0.4) is 0 Å². The number of hydrogen-bond donors (Lipinski definition) is 1. The first-order valence-electron chi connectivity index (χ1n) is 7.44. The van der Waals surface area contributed by atoms with Gasteiger partial charge in [0.1, 0.15) is 0 Å². The molecule has 2 rings (SSSR count). The smallest absolute Gasteiger partial charge is 0.0589 e. The van der Waals surface area contributed by atoms with Gasteiger partial charge in [0, 0.05) is 20.2 Å². The summed E-state index contributed by atoms with van der Waals surface area (Å²) in [6.07, 6.45) is 4.71. The molecule has 0 atom stereocenters. The lowest BCUT2D eigenvalue weighted by Crippen LogP contribution is -2.23.